The number of rotatable bonds is 8. The molecule has 0 bridgehead atoms. The molecule has 2 aromatic carbocycles. The van der Waals surface area contributed by atoms with Gasteiger partial charge in [-0.15, -0.1) is 0 Å². The highest BCUT2D eigenvalue weighted by molar-refractivity contribution is 7.92. The number of sulfonamides is 1. The quantitative estimate of drug-likeness (QED) is 0.614. The molecule has 1 N–H and O–H groups in total. The van der Waals surface area contributed by atoms with E-state index in [2.05, 4.69) is 5.32 Å². The van der Waals surface area contributed by atoms with Crippen molar-refractivity contribution in [3.05, 3.63) is 58.1 Å². The van der Waals surface area contributed by atoms with Crippen LogP contribution in [-0.2, 0) is 14.8 Å². The lowest BCUT2D eigenvalue weighted by atomic mass is 10.1. The Balaban J connectivity index is 2.00. The molecule has 0 aliphatic carbocycles. The Morgan fingerprint density at radius 3 is 2.39 bits per heavy atom. The minimum absolute atomic E-state index is 0.0958. The molecular formula is C19H20Cl2N2O4S. The lowest BCUT2D eigenvalue weighted by molar-refractivity contribution is -0.116. The molecule has 0 saturated carbocycles. The molecule has 2 aromatic rings. The molecule has 0 aliphatic rings. The molecule has 0 spiro atoms. The van der Waals surface area contributed by atoms with Crippen molar-refractivity contribution in [1.82, 2.24) is 0 Å². The van der Waals surface area contributed by atoms with Crippen LogP contribution < -0.4 is 9.62 Å². The van der Waals surface area contributed by atoms with E-state index in [-0.39, 0.29) is 29.7 Å². The molecule has 2 rings (SSSR count). The molecule has 0 heterocycles. The summed E-state index contributed by atoms with van der Waals surface area (Å²) in [7, 11) is -3.56. The number of nitrogens with one attached hydrogen (secondary N) is 1. The second-order valence-electron chi connectivity index (χ2n) is 6.22. The summed E-state index contributed by atoms with van der Waals surface area (Å²) in [4.78, 5) is 23.6. The number of benzene rings is 2. The predicted molar refractivity (Wildman–Crippen MR) is 113 cm³/mol. The summed E-state index contributed by atoms with van der Waals surface area (Å²) in [5.41, 5.74) is 1.40. The monoisotopic (exact) mass is 442 g/mol. The lowest BCUT2D eigenvalue weighted by Gasteiger charge is -2.22. The number of hydrogen-bond acceptors (Lipinski definition) is 4. The Bertz CT molecular complexity index is 993. The Labute approximate surface area is 174 Å². The molecule has 0 saturated heterocycles. The average molecular weight is 443 g/mol. The number of amides is 1. The third kappa shape index (κ3) is 6.22. The van der Waals surface area contributed by atoms with E-state index in [1.54, 1.807) is 30.3 Å². The first-order chi connectivity index (χ1) is 13.1. The number of carbonyl (C=O) groups excluding carboxylic acids is 2. The van der Waals surface area contributed by atoms with E-state index in [9.17, 15) is 18.0 Å². The summed E-state index contributed by atoms with van der Waals surface area (Å²) < 4.78 is 25.4. The molecule has 6 nitrogen and oxygen atoms in total. The van der Waals surface area contributed by atoms with Gasteiger partial charge in [0, 0.05) is 24.2 Å². The number of carbonyl (C=O) groups is 2. The van der Waals surface area contributed by atoms with Crippen LogP contribution >= 0.6 is 23.2 Å². The predicted octanol–water partition coefficient (Wildman–Crippen LogP) is 4.38. The minimum atomic E-state index is -3.56. The van der Waals surface area contributed by atoms with E-state index in [1.807, 2.05) is 0 Å². The summed E-state index contributed by atoms with van der Waals surface area (Å²) in [5.74, 6) is -0.371. The molecule has 0 aliphatic heterocycles. The third-order valence-electron chi connectivity index (χ3n) is 3.91. The van der Waals surface area contributed by atoms with Crippen LogP contribution in [0.5, 0.6) is 0 Å². The lowest BCUT2D eigenvalue weighted by Crippen LogP contribution is -2.31. The van der Waals surface area contributed by atoms with Gasteiger partial charge in [0.1, 0.15) is 0 Å². The van der Waals surface area contributed by atoms with Gasteiger partial charge in [0.2, 0.25) is 15.9 Å². The number of halogens is 2. The second-order valence-corrected chi connectivity index (χ2v) is 8.94. The minimum Gasteiger partial charge on any atom is -0.326 e. The van der Waals surface area contributed by atoms with Crippen molar-refractivity contribution in [2.75, 3.05) is 22.4 Å². The van der Waals surface area contributed by atoms with E-state index >= 15 is 0 Å². The zero-order chi connectivity index (χ0) is 20.9. The van der Waals surface area contributed by atoms with Gasteiger partial charge in [-0.2, -0.15) is 0 Å². The van der Waals surface area contributed by atoms with E-state index in [0.717, 1.165) is 6.26 Å². The molecule has 0 radical (unpaired) electrons. The first-order valence-electron chi connectivity index (χ1n) is 8.41. The number of nitrogens with zero attached hydrogens (tertiary/aromatic N) is 1. The Morgan fingerprint density at radius 1 is 1.07 bits per heavy atom. The molecule has 0 atom stereocenters. The number of hydrogen-bond donors (Lipinski definition) is 1. The highest BCUT2D eigenvalue weighted by Gasteiger charge is 2.18. The molecule has 0 aromatic heterocycles. The zero-order valence-electron chi connectivity index (χ0n) is 15.4. The highest BCUT2D eigenvalue weighted by Crippen LogP contribution is 2.28. The maximum absolute atomic E-state index is 12.2. The van der Waals surface area contributed by atoms with Crippen LogP contribution in [0.2, 0.25) is 10.0 Å². The van der Waals surface area contributed by atoms with Gasteiger partial charge in [0.05, 0.1) is 22.0 Å². The molecule has 9 heteroatoms. The average Bonchev–Trinajstić information content (AvgIpc) is 2.60. The third-order valence-corrected chi connectivity index (χ3v) is 5.84. The van der Waals surface area contributed by atoms with E-state index in [1.165, 1.54) is 23.4 Å². The van der Waals surface area contributed by atoms with Crippen LogP contribution in [0.1, 0.15) is 30.1 Å². The molecule has 0 unspecified atom stereocenters. The van der Waals surface area contributed by atoms with Crippen LogP contribution in [0.4, 0.5) is 11.4 Å². The van der Waals surface area contributed by atoms with Gasteiger partial charge in [0.15, 0.2) is 5.78 Å². The zero-order valence-corrected chi connectivity index (χ0v) is 17.7. The van der Waals surface area contributed by atoms with Crippen LogP contribution in [0.15, 0.2) is 42.5 Å². The van der Waals surface area contributed by atoms with Crippen molar-refractivity contribution < 1.29 is 18.0 Å². The second kappa shape index (κ2) is 9.41. The van der Waals surface area contributed by atoms with Crippen molar-refractivity contribution in [3.8, 4) is 0 Å². The largest absolute Gasteiger partial charge is 0.326 e. The van der Waals surface area contributed by atoms with Crippen molar-refractivity contribution >= 4 is 56.3 Å². The van der Waals surface area contributed by atoms with Gasteiger partial charge in [0.25, 0.3) is 0 Å². The fourth-order valence-corrected chi connectivity index (χ4v) is 3.80. The Morgan fingerprint density at radius 2 is 1.79 bits per heavy atom. The van der Waals surface area contributed by atoms with E-state index < -0.39 is 10.0 Å². The fraction of sp³-hybridized carbons (Fsp3) is 0.263. The Kier molecular flexibility index (Phi) is 7.46. The van der Waals surface area contributed by atoms with Gasteiger partial charge < -0.3 is 5.32 Å². The van der Waals surface area contributed by atoms with Crippen molar-refractivity contribution in [1.29, 1.82) is 0 Å². The van der Waals surface area contributed by atoms with Gasteiger partial charge in [-0.25, -0.2) is 8.42 Å². The normalized spacial score (nSPS) is 11.1. The number of anilines is 2. The van der Waals surface area contributed by atoms with Crippen molar-refractivity contribution in [3.63, 3.8) is 0 Å². The molecule has 0 fully saturated rings. The van der Waals surface area contributed by atoms with Crippen molar-refractivity contribution in [2.45, 2.75) is 19.8 Å². The summed E-state index contributed by atoms with van der Waals surface area (Å²) >= 11 is 11.9. The maximum Gasteiger partial charge on any atom is 0.232 e. The van der Waals surface area contributed by atoms with Gasteiger partial charge in [-0.3, -0.25) is 13.9 Å². The molecule has 28 heavy (non-hydrogen) atoms. The topological polar surface area (TPSA) is 83.6 Å². The summed E-state index contributed by atoms with van der Waals surface area (Å²) in [6, 6.07) is 11.2. The van der Waals surface area contributed by atoms with Gasteiger partial charge in [-0.1, -0.05) is 35.3 Å². The SMILES string of the molecule is CC(=O)c1cccc(NC(=O)CCCN(c2ccc(Cl)c(Cl)c2)S(C)(=O)=O)c1. The van der Waals surface area contributed by atoms with Gasteiger partial charge in [-0.05, 0) is 43.7 Å². The van der Waals surface area contributed by atoms with E-state index in [4.69, 9.17) is 23.2 Å². The van der Waals surface area contributed by atoms with Crippen molar-refractivity contribution in [2.24, 2.45) is 0 Å². The molecule has 1 amide bonds. The van der Waals surface area contributed by atoms with Crippen LogP contribution in [-0.4, -0.2) is 32.9 Å². The Hall–Kier alpha value is -2.09. The van der Waals surface area contributed by atoms with Crippen LogP contribution in [0, 0.1) is 0 Å². The maximum atomic E-state index is 12.2. The molecular weight excluding hydrogens is 423 g/mol. The fourth-order valence-electron chi connectivity index (χ4n) is 2.55. The first kappa shape index (κ1) is 22.2. The summed E-state index contributed by atoms with van der Waals surface area (Å²) in [6.07, 6.45) is 1.49. The standard InChI is InChI=1S/C19H20Cl2N2O4S/c1-13(24)14-5-3-6-15(11-14)22-19(25)7-4-10-23(28(2,26)27)16-8-9-17(20)18(21)12-16/h3,5-6,8-9,11-12H,4,7,10H2,1-2H3,(H,22,25). The summed E-state index contributed by atoms with van der Waals surface area (Å²) in [5, 5.41) is 3.28. The van der Waals surface area contributed by atoms with Crippen LogP contribution in [0.3, 0.4) is 0 Å². The first-order valence-corrected chi connectivity index (χ1v) is 11.0. The van der Waals surface area contributed by atoms with Crippen LogP contribution in [0.25, 0.3) is 0 Å². The van der Waals surface area contributed by atoms with E-state index in [0.29, 0.717) is 28.4 Å². The molecule has 150 valence electrons. The number of ketones is 1. The summed E-state index contributed by atoms with van der Waals surface area (Å²) in [6.45, 7) is 1.56. The van der Waals surface area contributed by atoms with Gasteiger partial charge >= 0.3 is 0 Å². The number of Topliss-reactive ketones (excluding diaryl/α,β-unsaturated/α-hetero) is 1. The highest BCUT2D eigenvalue weighted by atomic mass is 35.5. The smallest absolute Gasteiger partial charge is 0.232 e.